The van der Waals surface area contributed by atoms with Gasteiger partial charge in [-0.05, 0) is 29.3 Å². The largest absolute Gasteiger partial charge is 0.573 e. The van der Waals surface area contributed by atoms with Gasteiger partial charge in [0.2, 0.25) is 5.71 Å². The van der Waals surface area contributed by atoms with Crippen molar-refractivity contribution in [3.05, 3.63) is 83.0 Å². The SMILES string of the molecule is O=c1oc2ncc(-c3ccc(OC(F)(F)F)cc3)cc2n1Cc1ccccc1. The van der Waals surface area contributed by atoms with Crippen molar-refractivity contribution in [2.75, 3.05) is 0 Å². The third kappa shape index (κ3) is 3.75. The lowest BCUT2D eigenvalue weighted by atomic mass is 10.1. The van der Waals surface area contributed by atoms with Crippen LogP contribution in [0.25, 0.3) is 22.4 Å². The van der Waals surface area contributed by atoms with Gasteiger partial charge in [0.05, 0.1) is 6.54 Å². The summed E-state index contributed by atoms with van der Waals surface area (Å²) in [5.74, 6) is -0.841. The average molecular weight is 386 g/mol. The first kappa shape index (κ1) is 17.8. The summed E-state index contributed by atoms with van der Waals surface area (Å²) in [7, 11) is 0. The molecule has 5 nitrogen and oxygen atoms in total. The molecule has 0 N–H and O–H groups in total. The molecule has 0 spiro atoms. The van der Waals surface area contributed by atoms with Gasteiger partial charge in [0.15, 0.2) is 0 Å². The smallest absolute Gasteiger partial charge is 0.406 e. The Labute approximate surface area is 156 Å². The molecular weight excluding hydrogens is 373 g/mol. The van der Waals surface area contributed by atoms with Crippen LogP contribution in [0, 0.1) is 0 Å². The van der Waals surface area contributed by atoms with Gasteiger partial charge in [-0.15, -0.1) is 13.2 Å². The van der Waals surface area contributed by atoms with Crippen LogP contribution in [-0.2, 0) is 6.54 Å². The maximum absolute atomic E-state index is 12.3. The van der Waals surface area contributed by atoms with Gasteiger partial charge in [-0.25, -0.2) is 9.78 Å². The van der Waals surface area contributed by atoms with Gasteiger partial charge in [-0.2, -0.15) is 0 Å². The molecule has 0 aliphatic rings. The maximum Gasteiger partial charge on any atom is 0.573 e. The highest BCUT2D eigenvalue weighted by molar-refractivity contribution is 5.77. The number of hydrogen-bond acceptors (Lipinski definition) is 4. The summed E-state index contributed by atoms with van der Waals surface area (Å²) in [5, 5.41) is 0. The molecule has 0 bridgehead atoms. The van der Waals surface area contributed by atoms with E-state index in [0.717, 1.165) is 5.56 Å². The summed E-state index contributed by atoms with van der Waals surface area (Å²) in [6, 6.07) is 16.5. The molecule has 142 valence electrons. The second-order valence-corrected chi connectivity index (χ2v) is 6.06. The Balaban J connectivity index is 1.69. The third-order valence-electron chi connectivity index (χ3n) is 4.13. The molecule has 28 heavy (non-hydrogen) atoms. The van der Waals surface area contributed by atoms with Crippen LogP contribution >= 0.6 is 0 Å². The number of rotatable bonds is 4. The molecule has 0 atom stereocenters. The van der Waals surface area contributed by atoms with E-state index >= 15 is 0 Å². The average Bonchev–Trinajstić information content (AvgIpc) is 2.97. The molecule has 0 saturated carbocycles. The van der Waals surface area contributed by atoms with Crippen LogP contribution < -0.4 is 10.5 Å². The minimum atomic E-state index is -4.74. The molecule has 0 aliphatic heterocycles. The van der Waals surface area contributed by atoms with E-state index in [1.165, 1.54) is 35.0 Å². The van der Waals surface area contributed by atoms with Crippen molar-refractivity contribution in [3.63, 3.8) is 0 Å². The number of hydrogen-bond donors (Lipinski definition) is 0. The summed E-state index contributed by atoms with van der Waals surface area (Å²) in [4.78, 5) is 16.4. The number of oxazole rings is 1. The summed E-state index contributed by atoms with van der Waals surface area (Å²) >= 11 is 0. The quantitative estimate of drug-likeness (QED) is 0.514. The monoisotopic (exact) mass is 386 g/mol. The number of alkyl halides is 3. The van der Waals surface area contributed by atoms with Crippen molar-refractivity contribution >= 4 is 11.2 Å². The topological polar surface area (TPSA) is 57.3 Å². The fourth-order valence-electron chi connectivity index (χ4n) is 2.87. The lowest BCUT2D eigenvalue weighted by molar-refractivity contribution is -0.274. The van der Waals surface area contributed by atoms with Gasteiger partial charge < -0.3 is 9.15 Å². The van der Waals surface area contributed by atoms with Gasteiger partial charge in [-0.3, -0.25) is 4.57 Å². The van der Waals surface area contributed by atoms with Crippen LogP contribution in [0.4, 0.5) is 13.2 Å². The number of aromatic nitrogens is 2. The van der Waals surface area contributed by atoms with Gasteiger partial charge in [-0.1, -0.05) is 42.5 Å². The normalized spacial score (nSPS) is 11.7. The van der Waals surface area contributed by atoms with Crippen LogP contribution in [0.5, 0.6) is 5.75 Å². The third-order valence-corrected chi connectivity index (χ3v) is 4.13. The summed E-state index contributed by atoms with van der Waals surface area (Å²) in [6.45, 7) is 0.316. The number of halogens is 3. The van der Waals surface area contributed by atoms with Crippen molar-refractivity contribution in [2.45, 2.75) is 12.9 Å². The molecule has 2 heterocycles. The molecule has 0 saturated heterocycles. The lowest BCUT2D eigenvalue weighted by Crippen LogP contribution is -2.16. The second kappa shape index (κ2) is 6.88. The van der Waals surface area contributed by atoms with Crippen LogP contribution in [0.3, 0.4) is 0 Å². The maximum atomic E-state index is 12.3. The van der Waals surface area contributed by atoms with E-state index < -0.39 is 12.1 Å². The predicted molar refractivity (Wildman–Crippen MR) is 95.9 cm³/mol. The Morgan fingerprint density at radius 1 is 1.00 bits per heavy atom. The Morgan fingerprint density at radius 3 is 2.39 bits per heavy atom. The zero-order valence-corrected chi connectivity index (χ0v) is 14.3. The molecule has 8 heteroatoms. The number of nitrogens with zero attached hydrogens (tertiary/aromatic N) is 2. The van der Waals surface area contributed by atoms with E-state index in [4.69, 9.17) is 4.42 Å². The molecule has 4 rings (SSSR count). The van der Waals surface area contributed by atoms with E-state index in [-0.39, 0.29) is 11.5 Å². The van der Waals surface area contributed by atoms with Gasteiger partial charge in [0.1, 0.15) is 11.3 Å². The van der Waals surface area contributed by atoms with E-state index in [0.29, 0.717) is 23.2 Å². The second-order valence-electron chi connectivity index (χ2n) is 6.06. The first-order valence-electron chi connectivity index (χ1n) is 8.28. The van der Waals surface area contributed by atoms with E-state index in [2.05, 4.69) is 9.72 Å². The summed E-state index contributed by atoms with van der Waals surface area (Å²) in [6.07, 6.45) is -3.25. The summed E-state index contributed by atoms with van der Waals surface area (Å²) < 4.78 is 47.4. The van der Waals surface area contributed by atoms with Gasteiger partial charge in [0.25, 0.3) is 0 Å². The molecule has 4 aromatic rings. The molecule has 0 radical (unpaired) electrons. The van der Waals surface area contributed by atoms with Gasteiger partial charge >= 0.3 is 12.1 Å². The van der Waals surface area contributed by atoms with Crippen molar-refractivity contribution < 1.29 is 22.3 Å². The van der Waals surface area contributed by atoms with Crippen molar-refractivity contribution in [3.8, 4) is 16.9 Å². The molecule has 0 aliphatic carbocycles. The number of ether oxygens (including phenoxy) is 1. The molecule has 0 unspecified atom stereocenters. The molecule has 0 amide bonds. The Bertz CT molecular complexity index is 1160. The van der Waals surface area contributed by atoms with Crippen molar-refractivity contribution in [1.82, 2.24) is 9.55 Å². The minimum absolute atomic E-state index is 0.196. The van der Waals surface area contributed by atoms with Crippen molar-refractivity contribution in [2.24, 2.45) is 0 Å². The fraction of sp³-hybridized carbons (Fsp3) is 0.100. The van der Waals surface area contributed by atoms with Crippen LogP contribution in [0.15, 0.2) is 76.1 Å². The van der Waals surface area contributed by atoms with E-state index in [9.17, 15) is 18.0 Å². The Morgan fingerprint density at radius 2 is 1.71 bits per heavy atom. The summed E-state index contributed by atoms with van der Waals surface area (Å²) in [5.41, 5.74) is 2.88. The predicted octanol–water partition coefficient (Wildman–Crippen LogP) is 4.60. The standard InChI is InChI=1S/C20H13F3N2O3/c21-20(22,23)28-16-8-6-14(7-9-16)15-10-17-18(24-11-15)27-19(26)25(17)12-13-4-2-1-3-5-13/h1-11H,12H2. The Hall–Kier alpha value is -3.55. The fourth-order valence-corrected chi connectivity index (χ4v) is 2.87. The highest BCUT2D eigenvalue weighted by atomic mass is 19.4. The molecule has 2 aromatic carbocycles. The first-order valence-corrected chi connectivity index (χ1v) is 8.28. The highest BCUT2D eigenvalue weighted by Crippen LogP contribution is 2.27. The molecular formula is C20H13F3N2O3. The van der Waals surface area contributed by atoms with Crippen LogP contribution in [0.1, 0.15) is 5.56 Å². The van der Waals surface area contributed by atoms with E-state index in [1.807, 2.05) is 30.3 Å². The van der Waals surface area contributed by atoms with Crippen LogP contribution in [0.2, 0.25) is 0 Å². The number of benzene rings is 2. The number of pyridine rings is 1. The number of fused-ring (bicyclic) bond motifs is 1. The van der Waals surface area contributed by atoms with Crippen LogP contribution in [-0.4, -0.2) is 15.9 Å². The first-order chi connectivity index (χ1) is 13.4. The zero-order valence-electron chi connectivity index (χ0n) is 14.3. The van der Waals surface area contributed by atoms with Crippen molar-refractivity contribution in [1.29, 1.82) is 0 Å². The molecule has 2 aromatic heterocycles. The highest BCUT2D eigenvalue weighted by Gasteiger charge is 2.31. The zero-order chi connectivity index (χ0) is 19.7. The Kier molecular flexibility index (Phi) is 4.38. The van der Waals surface area contributed by atoms with E-state index in [1.54, 1.807) is 6.07 Å². The van der Waals surface area contributed by atoms with Gasteiger partial charge in [0, 0.05) is 11.8 Å². The lowest BCUT2D eigenvalue weighted by Gasteiger charge is -2.09. The molecule has 0 fully saturated rings. The minimum Gasteiger partial charge on any atom is -0.406 e.